The van der Waals surface area contributed by atoms with E-state index in [0.717, 1.165) is 5.56 Å². The van der Waals surface area contributed by atoms with Crippen molar-refractivity contribution in [2.45, 2.75) is 19.9 Å². The van der Waals surface area contributed by atoms with Gasteiger partial charge in [-0.2, -0.15) is 4.31 Å². The molecule has 0 fully saturated rings. The standard InChI is InChI=1S/C11H16ClNO2S/c1-4-16(14,15)13(3)9(2)10-5-7-11(12)8-6-10/h5-9H,4H2,1-3H3. The van der Waals surface area contributed by atoms with E-state index in [0.29, 0.717) is 5.02 Å². The number of hydrogen-bond donors (Lipinski definition) is 0. The van der Waals surface area contributed by atoms with Crippen molar-refractivity contribution in [3.63, 3.8) is 0 Å². The van der Waals surface area contributed by atoms with Crippen LogP contribution >= 0.6 is 11.6 Å². The van der Waals surface area contributed by atoms with E-state index in [1.165, 1.54) is 4.31 Å². The van der Waals surface area contributed by atoms with Crippen molar-refractivity contribution < 1.29 is 8.42 Å². The maximum absolute atomic E-state index is 11.7. The predicted octanol–water partition coefficient (Wildman–Crippen LogP) is 2.68. The fourth-order valence-electron chi connectivity index (χ4n) is 1.40. The molecule has 0 saturated heterocycles. The first-order valence-corrected chi connectivity index (χ1v) is 7.08. The minimum atomic E-state index is -3.16. The SMILES string of the molecule is CCS(=O)(=O)N(C)C(C)c1ccc(Cl)cc1. The van der Waals surface area contributed by atoms with Gasteiger partial charge in [-0.3, -0.25) is 0 Å². The second-order valence-electron chi connectivity index (χ2n) is 3.64. The number of sulfonamides is 1. The Morgan fingerprint density at radius 2 is 1.81 bits per heavy atom. The van der Waals surface area contributed by atoms with Crippen molar-refractivity contribution in [3.8, 4) is 0 Å². The van der Waals surface area contributed by atoms with Crippen molar-refractivity contribution in [3.05, 3.63) is 34.9 Å². The zero-order valence-electron chi connectivity index (χ0n) is 9.64. The Balaban J connectivity index is 2.94. The molecule has 1 rings (SSSR count). The molecule has 16 heavy (non-hydrogen) atoms. The van der Waals surface area contributed by atoms with Crippen LogP contribution in [0.3, 0.4) is 0 Å². The molecule has 3 nitrogen and oxygen atoms in total. The van der Waals surface area contributed by atoms with E-state index in [1.807, 2.05) is 19.1 Å². The fourth-order valence-corrected chi connectivity index (χ4v) is 2.53. The first-order valence-electron chi connectivity index (χ1n) is 5.09. The van der Waals surface area contributed by atoms with Gasteiger partial charge in [0.25, 0.3) is 0 Å². The predicted molar refractivity (Wildman–Crippen MR) is 67.1 cm³/mol. The van der Waals surface area contributed by atoms with Crippen LogP contribution in [-0.2, 0) is 10.0 Å². The van der Waals surface area contributed by atoms with E-state index in [4.69, 9.17) is 11.6 Å². The Kier molecular flexibility index (Phi) is 4.35. The number of halogens is 1. The highest BCUT2D eigenvalue weighted by molar-refractivity contribution is 7.89. The Bertz CT molecular complexity index is 442. The first-order chi connectivity index (χ1) is 7.38. The summed E-state index contributed by atoms with van der Waals surface area (Å²) in [4.78, 5) is 0. The minimum absolute atomic E-state index is 0.113. The van der Waals surface area contributed by atoms with Gasteiger partial charge < -0.3 is 0 Å². The maximum Gasteiger partial charge on any atom is 0.214 e. The number of rotatable bonds is 4. The van der Waals surface area contributed by atoms with Gasteiger partial charge in [-0.1, -0.05) is 23.7 Å². The van der Waals surface area contributed by atoms with Crippen molar-refractivity contribution in [2.24, 2.45) is 0 Å². The highest BCUT2D eigenvalue weighted by Crippen LogP contribution is 2.22. The Hall–Kier alpha value is -0.580. The normalized spacial score (nSPS) is 14.1. The lowest BCUT2D eigenvalue weighted by Gasteiger charge is -2.24. The highest BCUT2D eigenvalue weighted by Gasteiger charge is 2.22. The van der Waals surface area contributed by atoms with E-state index >= 15 is 0 Å². The molecular formula is C11H16ClNO2S. The van der Waals surface area contributed by atoms with Crippen LogP contribution in [0.4, 0.5) is 0 Å². The summed E-state index contributed by atoms with van der Waals surface area (Å²) in [5, 5.41) is 0.650. The maximum atomic E-state index is 11.7. The Morgan fingerprint density at radius 3 is 2.25 bits per heavy atom. The number of benzene rings is 1. The summed E-state index contributed by atoms with van der Waals surface area (Å²) in [5.74, 6) is 0.113. The van der Waals surface area contributed by atoms with Crippen LogP contribution in [0.15, 0.2) is 24.3 Å². The fraction of sp³-hybridized carbons (Fsp3) is 0.455. The zero-order chi connectivity index (χ0) is 12.3. The Morgan fingerprint density at radius 1 is 1.31 bits per heavy atom. The van der Waals surface area contributed by atoms with Crippen molar-refractivity contribution in [2.75, 3.05) is 12.8 Å². The summed E-state index contributed by atoms with van der Waals surface area (Å²) in [5.41, 5.74) is 0.934. The average molecular weight is 262 g/mol. The van der Waals surface area contributed by atoms with Gasteiger partial charge in [0.05, 0.1) is 5.75 Å². The molecular weight excluding hydrogens is 246 g/mol. The molecule has 1 atom stereocenters. The van der Waals surface area contributed by atoms with Gasteiger partial charge in [0.15, 0.2) is 0 Å². The van der Waals surface area contributed by atoms with Crippen LogP contribution in [0.1, 0.15) is 25.5 Å². The van der Waals surface area contributed by atoms with E-state index in [9.17, 15) is 8.42 Å². The van der Waals surface area contributed by atoms with Gasteiger partial charge in [0.1, 0.15) is 0 Å². The lowest BCUT2D eigenvalue weighted by atomic mass is 10.1. The van der Waals surface area contributed by atoms with Gasteiger partial charge in [0.2, 0.25) is 10.0 Å². The third-order valence-electron chi connectivity index (χ3n) is 2.70. The highest BCUT2D eigenvalue weighted by atomic mass is 35.5. The monoisotopic (exact) mass is 261 g/mol. The lowest BCUT2D eigenvalue weighted by Crippen LogP contribution is -2.30. The van der Waals surface area contributed by atoms with Gasteiger partial charge >= 0.3 is 0 Å². The van der Waals surface area contributed by atoms with E-state index in [-0.39, 0.29) is 11.8 Å². The van der Waals surface area contributed by atoms with Crippen molar-refractivity contribution >= 4 is 21.6 Å². The third-order valence-corrected chi connectivity index (χ3v) is 4.88. The smallest absolute Gasteiger partial charge is 0.212 e. The van der Waals surface area contributed by atoms with Crippen molar-refractivity contribution in [1.29, 1.82) is 0 Å². The van der Waals surface area contributed by atoms with E-state index < -0.39 is 10.0 Å². The molecule has 0 aliphatic rings. The molecule has 0 N–H and O–H groups in total. The molecule has 0 aliphatic heterocycles. The number of nitrogens with zero attached hydrogens (tertiary/aromatic N) is 1. The van der Waals surface area contributed by atoms with Gasteiger partial charge in [-0.15, -0.1) is 0 Å². The molecule has 90 valence electrons. The molecule has 0 saturated carbocycles. The first kappa shape index (κ1) is 13.5. The number of hydrogen-bond acceptors (Lipinski definition) is 2. The zero-order valence-corrected chi connectivity index (χ0v) is 11.2. The van der Waals surface area contributed by atoms with Gasteiger partial charge in [-0.05, 0) is 31.5 Å². The van der Waals surface area contributed by atoms with E-state index in [1.54, 1.807) is 26.1 Å². The molecule has 0 bridgehead atoms. The van der Waals surface area contributed by atoms with Crippen LogP contribution in [0.25, 0.3) is 0 Å². The van der Waals surface area contributed by atoms with Gasteiger partial charge in [0, 0.05) is 18.1 Å². The molecule has 5 heteroatoms. The quantitative estimate of drug-likeness (QED) is 0.836. The molecule has 1 aromatic carbocycles. The molecule has 1 unspecified atom stereocenters. The summed E-state index contributed by atoms with van der Waals surface area (Å²) in [6.07, 6.45) is 0. The molecule has 0 radical (unpaired) electrons. The Labute approximate surface area is 102 Å². The molecule has 0 aliphatic carbocycles. The molecule has 1 aromatic rings. The molecule has 0 heterocycles. The summed E-state index contributed by atoms with van der Waals surface area (Å²) in [6.45, 7) is 3.50. The molecule has 0 spiro atoms. The topological polar surface area (TPSA) is 37.4 Å². The van der Waals surface area contributed by atoms with Gasteiger partial charge in [-0.25, -0.2) is 8.42 Å². The third kappa shape index (κ3) is 2.97. The lowest BCUT2D eigenvalue weighted by molar-refractivity contribution is 0.399. The summed E-state index contributed by atoms with van der Waals surface area (Å²) >= 11 is 5.78. The average Bonchev–Trinajstić information content (AvgIpc) is 2.28. The van der Waals surface area contributed by atoms with Crippen LogP contribution in [0.2, 0.25) is 5.02 Å². The van der Waals surface area contributed by atoms with Crippen LogP contribution in [0.5, 0.6) is 0 Å². The molecule has 0 aromatic heterocycles. The van der Waals surface area contributed by atoms with Crippen LogP contribution < -0.4 is 0 Å². The van der Waals surface area contributed by atoms with Crippen molar-refractivity contribution in [1.82, 2.24) is 4.31 Å². The molecule has 0 amide bonds. The second kappa shape index (κ2) is 5.17. The minimum Gasteiger partial charge on any atom is -0.212 e. The second-order valence-corrected chi connectivity index (χ2v) is 6.40. The largest absolute Gasteiger partial charge is 0.214 e. The van der Waals surface area contributed by atoms with Crippen LogP contribution in [0, 0.1) is 0 Å². The summed E-state index contributed by atoms with van der Waals surface area (Å²) in [6, 6.07) is 7.03. The summed E-state index contributed by atoms with van der Waals surface area (Å²) in [7, 11) is -1.56. The van der Waals surface area contributed by atoms with Crippen LogP contribution in [-0.4, -0.2) is 25.5 Å². The van der Waals surface area contributed by atoms with E-state index in [2.05, 4.69) is 0 Å². The summed E-state index contributed by atoms with van der Waals surface area (Å²) < 4.78 is 24.7.